The van der Waals surface area contributed by atoms with Crippen molar-refractivity contribution in [1.82, 2.24) is 14.5 Å². The molecule has 3 rings (SSSR count). The van der Waals surface area contributed by atoms with Crippen molar-refractivity contribution in [3.63, 3.8) is 0 Å². The summed E-state index contributed by atoms with van der Waals surface area (Å²) in [5.41, 5.74) is 2.18. The van der Waals surface area contributed by atoms with Crippen molar-refractivity contribution >= 4 is 56.6 Å². The van der Waals surface area contributed by atoms with E-state index in [2.05, 4.69) is 57.3 Å². The Labute approximate surface area is 140 Å². The zero-order valence-corrected chi connectivity index (χ0v) is 14.7. The van der Waals surface area contributed by atoms with E-state index >= 15 is 0 Å². The van der Waals surface area contributed by atoms with Gasteiger partial charge in [-0.05, 0) is 47.7 Å². The number of aromatic nitrogens is 3. The molecule has 0 N–H and O–H groups in total. The van der Waals surface area contributed by atoms with Crippen LogP contribution in [0.4, 0.5) is 0 Å². The van der Waals surface area contributed by atoms with Crippen molar-refractivity contribution < 1.29 is 0 Å². The molecule has 3 aromatic rings. The van der Waals surface area contributed by atoms with Gasteiger partial charge < -0.3 is 4.57 Å². The Morgan fingerprint density at radius 3 is 2.95 bits per heavy atom. The lowest BCUT2D eigenvalue weighted by Gasteiger charge is -2.06. The maximum absolute atomic E-state index is 5.91. The number of thiazole rings is 1. The van der Waals surface area contributed by atoms with Crippen LogP contribution >= 0.6 is 45.5 Å². The zero-order valence-electron chi connectivity index (χ0n) is 10.9. The molecule has 3 nitrogen and oxygen atoms in total. The molecule has 0 saturated carbocycles. The van der Waals surface area contributed by atoms with E-state index in [0.29, 0.717) is 5.88 Å². The van der Waals surface area contributed by atoms with Gasteiger partial charge >= 0.3 is 0 Å². The first-order chi connectivity index (χ1) is 9.67. The summed E-state index contributed by atoms with van der Waals surface area (Å²) in [6.07, 6.45) is 2.69. The number of benzene rings is 1. The van der Waals surface area contributed by atoms with Gasteiger partial charge in [-0.2, -0.15) is 0 Å². The van der Waals surface area contributed by atoms with E-state index in [0.717, 1.165) is 34.8 Å². The van der Waals surface area contributed by atoms with Gasteiger partial charge in [0.15, 0.2) is 0 Å². The van der Waals surface area contributed by atoms with Crippen LogP contribution in [-0.2, 0) is 13.0 Å². The Bertz CT molecular complexity index is 750. The van der Waals surface area contributed by atoms with E-state index in [9.17, 15) is 0 Å². The largest absolute Gasteiger partial charge is 0.321 e. The number of halogens is 2. The summed E-state index contributed by atoms with van der Waals surface area (Å²) >= 11 is 9.95. The van der Waals surface area contributed by atoms with Crippen LogP contribution in [0.3, 0.4) is 0 Å². The summed E-state index contributed by atoms with van der Waals surface area (Å²) in [4.78, 5) is 10.4. The van der Waals surface area contributed by atoms with Crippen LogP contribution in [0.1, 0.15) is 15.7 Å². The fourth-order valence-corrected chi connectivity index (χ4v) is 3.63. The van der Waals surface area contributed by atoms with Crippen molar-refractivity contribution in [2.75, 3.05) is 5.88 Å². The van der Waals surface area contributed by atoms with Crippen molar-refractivity contribution in [3.8, 4) is 0 Å². The van der Waals surface area contributed by atoms with Crippen LogP contribution in [0.15, 0.2) is 24.4 Å². The number of aryl methyl sites for hydroxylation is 2. The first-order valence-electron chi connectivity index (χ1n) is 6.29. The van der Waals surface area contributed by atoms with Gasteiger partial charge in [-0.1, -0.05) is 0 Å². The molecule has 0 aliphatic heterocycles. The molecule has 1 aromatic carbocycles. The third-order valence-corrected chi connectivity index (χ3v) is 4.83. The van der Waals surface area contributed by atoms with Crippen LogP contribution in [0.2, 0.25) is 0 Å². The predicted octanol–water partition coefficient (Wildman–Crippen LogP) is 4.24. The summed E-state index contributed by atoms with van der Waals surface area (Å²) < 4.78 is 3.42. The molecular formula is C14H13ClIN3S. The molecule has 0 fully saturated rings. The van der Waals surface area contributed by atoms with Crippen LogP contribution in [0.5, 0.6) is 0 Å². The molecule has 0 radical (unpaired) electrons. The molecule has 0 atom stereocenters. The molecule has 20 heavy (non-hydrogen) atoms. The third kappa shape index (κ3) is 2.84. The van der Waals surface area contributed by atoms with Crippen molar-refractivity contribution in [1.29, 1.82) is 0 Å². The van der Waals surface area contributed by atoms with Gasteiger partial charge in [0.25, 0.3) is 0 Å². The number of nitrogens with zero attached hydrogens (tertiary/aromatic N) is 3. The molecule has 0 saturated heterocycles. The standard InChI is InChI=1S/C14H13ClIN3S/c1-9-7-17-14(20-9)8-19-12-3-2-10(16)6-11(12)18-13(19)4-5-15/h2-3,6-7H,4-5,8H2,1H3. The van der Waals surface area contributed by atoms with E-state index in [1.54, 1.807) is 11.3 Å². The molecule has 104 valence electrons. The zero-order chi connectivity index (χ0) is 14.1. The van der Waals surface area contributed by atoms with Crippen molar-refractivity contribution in [2.45, 2.75) is 19.9 Å². The van der Waals surface area contributed by atoms with Crippen molar-refractivity contribution in [3.05, 3.63) is 43.7 Å². The Kier molecular flexibility index (Phi) is 4.28. The Morgan fingerprint density at radius 2 is 2.25 bits per heavy atom. The quantitative estimate of drug-likeness (QED) is 0.470. The predicted molar refractivity (Wildman–Crippen MR) is 92.8 cm³/mol. The topological polar surface area (TPSA) is 30.7 Å². The highest BCUT2D eigenvalue weighted by molar-refractivity contribution is 14.1. The SMILES string of the molecule is Cc1cnc(Cn2c(CCCl)nc3cc(I)ccc32)s1. The molecule has 6 heteroatoms. The maximum Gasteiger partial charge on any atom is 0.113 e. The molecular weight excluding hydrogens is 405 g/mol. The number of hydrogen-bond acceptors (Lipinski definition) is 3. The van der Waals surface area contributed by atoms with Crippen LogP contribution in [-0.4, -0.2) is 20.4 Å². The lowest BCUT2D eigenvalue weighted by atomic mass is 10.3. The number of hydrogen-bond donors (Lipinski definition) is 0. The number of alkyl halides is 1. The lowest BCUT2D eigenvalue weighted by Crippen LogP contribution is -2.05. The van der Waals surface area contributed by atoms with Gasteiger partial charge in [-0.25, -0.2) is 9.97 Å². The van der Waals surface area contributed by atoms with Gasteiger partial charge in [0.2, 0.25) is 0 Å². The van der Waals surface area contributed by atoms with E-state index in [1.165, 1.54) is 8.45 Å². The second-order valence-electron chi connectivity index (χ2n) is 4.55. The van der Waals surface area contributed by atoms with Gasteiger partial charge in [0, 0.05) is 26.9 Å². The Morgan fingerprint density at radius 1 is 1.40 bits per heavy atom. The van der Waals surface area contributed by atoms with Crippen molar-refractivity contribution in [2.24, 2.45) is 0 Å². The van der Waals surface area contributed by atoms with Crippen LogP contribution in [0, 0.1) is 10.5 Å². The second-order valence-corrected chi connectivity index (χ2v) is 7.49. The Hall–Kier alpha value is -0.660. The number of imidazole rings is 1. The average Bonchev–Trinajstić information content (AvgIpc) is 2.95. The first kappa shape index (κ1) is 14.3. The molecule has 2 heterocycles. The molecule has 2 aromatic heterocycles. The minimum absolute atomic E-state index is 0.581. The third-order valence-electron chi connectivity index (χ3n) is 3.07. The smallest absolute Gasteiger partial charge is 0.113 e. The number of rotatable bonds is 4. The summed E-state index contributed by atoms with van der Waals surface area (Å²) in [6.45, 7) is 2.84. The molecule has 0 aliphatic carbocycles. The molecule has 0 unspecified atom stereocenters. The minimum Gasteiger partial charge on any atom is -0.321 e. The monoisotopic (exact) mass is 417 g/mol. The number of fused-ring (bicyclic) bond motifs is 1. The fraction of sp³-hybridized carbons (Fsp3) is 0.286. The first-order valence-corrected chi connectivity index (χ1v) is 8.72. The maximum atomic E-state index is 5.91. The van der Waals surface area contributed by atoms with E-state index in [1.807, 2.05) is 6.20 Å². The Balaban J connectivity index is 2.08. The van der Waals surface area contributed by atoms with Gasteiger partial charge in [0.1, 0.15) is 10.8 Å². The van der Waals surface area contributed by atoms with E-state index in [4.69, 9.17) is 16.6 Å². The molecule has 0 amide bonds. The highest BCUT2D eigenvalue weighted by atomic mass is 127. The van der Waals surface area contributed by atoms with Gasteiger partial charge in [0.05, 0.1) is 17.6 Å². The summed E-state index contributed by atoms with van der Waals surface area (Å²) in [5.74, 6) is 1.61. The van der Waals surface area contributed by atoms with Crippen LogP contribution < -0.4 is 0 Å². The highest BCUT2D eigenvalue weighted by Gasteiger charge is 2.12. The second kappa shape index (κ2) is 5.99. The molecule has 0 aliphatic rings. The lowest BCUT2D eigenvalue weighted by molar-refractivity contribution is 0.750. The normalized spacial score (nSPS) is 11.3. The summed E-state index contributed by atoms with van der Waals surface area (Å²) in [7, 11) is 0. The van der Waals surface area contributed by atoms with Crippen LogP contribution in [0.25, 0.3) is 11.0 Å². The summed E-state index contributed by atoms with van der Waals surface area (Å²) in [6, 6.07) is 6.35. The average molecular weight is 418 g/mol. The van der Waals surface area contributed by atoms with Gasteiger partial charge in [-0.15, -0.1) is 22.9 Å². The highest BCUT2D eigenvalue weighted by Crippen LogP contribution is 2.22. The molecule has 0 bridgehead atoms. The van der Waals surface area contributed by atoms with E-state index in [-0.39, 0.29) is 0 Å². The molecule has 0 spiro atoms. The van der Waals surface area contributed by atoms with E-state index < -0.39 is 0 Å². The van der Waals surface area contributed by atoms with Gasteiger partial charge in [-0.3, -0.25) is 0 Å². The summed E-state index contributed by atoms with van der Waals surface area (Å²) in [5, 5.41) is 1.11. The minimum atomic E-state index is 0.581. The fourth-order valence-electron chi connectivity index (χ4n) is 2.21.